The van der Waals surface area contributed by atoms with E-state index in [0.717, 1.165) is 28.2 Å². The molecule has 0 bridgehead atoms. The Morgan fingerprint density at radius 2 is 1.88 bits per heavy atom. The van der Waals surface area contributed by atoms with Crippen LogP contribution in [0.1, 0.15) is 30.0 Å². The molecule has 1 atom stereocenters. The van der Waals surface area contributed by atoms with Crippen molar-refractivity contribution in [2.45, 2.75) is 39.8 Å². The molecule has 4 heteroatoms. The van der Waals surface area contributed by atoms with Gasteiger partial charge in [-0.2, -0.15) is 0 Å². The van der Waals surface area contributed by atoms with Gasteiger partial charge in [-0.15, -0.1) is 0 Å². The van der Waals surface area contributed by atoms with E-state index >= 15 is 0 Å². The third-order valence-electron chi connectivity index (χ3n) is 3.92. The summed E-state index contributed by atoms with van der Waals surface area (Å²) >= 11 is 0. The molecule has 4 nitrogen and oxygen atoms in total. The van der Waals surface area contributed by atoms with Gasteiger partial charge in [0.2, 0.25) is 0 Å². The Morgan fingerprint density at radius 1 is 1.12 bits per heavy atom. The molecule has 0 fully saturated rings. The molecule has 0 aliphatic heterocycles. The third-order valence-corrected chi connectivity index (χ3v) is 3.92. The first-order valence-electron chi connectivity index (χ1n) is 8.18. The number of benzene rings is 2. The molecule has 128 valence electrons. The predicted octanol–water partition coefficient (Wildman–Crippen LogP) is 3.79. The van der Waals surface area contributed by atoms with Crippen LogP contribution in [0.4, 0.5) is 0 Å². The van der Waals surface area contributed by atoms with E-state index in [1.54, 1.807) is 7.11 Å². The summed E-state index contributed by atoms with van der Waals surface area (Å²) in [4.78, 5) is 12.5. The van der Waals surface area contributed by atoms with E-state index < -0.39 is 6.10 Å². The molecule has 2 aromatic rings. The van der Waals surface area contributed by atoms with E-state index in [0.29, 0.717) is 13.0 Å². The Labute approximate surface area is 143 Å². The summed E-state index contributed by atoms with van der Waals surface area (Å²) in [7, 11) is 1.62. The second kappa shape index (κ2) is 8.39. The molecule has 0 aliphatic rings. The lowest BCUT2D eigenvalue weighted by molar-refractivity contribution is -0.128. The van der Waals surface area contributed by atoms with Crippen molar-refractivity contribution in [1.29, 1.82) is 0 Å². The zero-order valence-corrected chi connectivity index (χ0v) is 14.8. The molecule has 1 amide bonds. The molecule has 0 aromatic heterocycles. The molecule has 1 N–H and O–H groups in total. The number of nitrogens with one attached hydrogen (secondary N) is 1. The minimum absolute atomic E-state index is 0.121. The summed E-state index contributed by atoms with van der Waals surface area (Å²) in [5, 5.41) is 2.94. The largest absolute Gasteiger partial charge is 0.496 e. The number of hydrogen-bond donors (Lipinski definition) is 1. The van der Waals surface area contributed by atoms with Gasteiger partial charge >= 0.3 is 0 Å². The van der Waals surface area contributed by atoms with Gasteiger partial charge < -0.3 is 14.8 Å². The van der Waals surface area contributed by atoms with Crippen LogP contribution in [0.2, 0.25) is 0 Å². The fraction of sp³-hybridized carbons (Fsp3) is 0.350. The molecular formula is C20H25NO3. The molecule has 0 unspecified atom stereocenters. The van der Waals surface area contributed by atoms with E-state index in [4.69, 9.17) is 9.47 Å². The van der Waals surface area contributed by atoms with Crippen molar-refractivity contribution in [3.63, 3.8) is 0 Å². The van der Waals surface area contributed by atoms with Crippen LogP contribution in [-0.2, 0) is 11.3 Å². The first kappa shape index (κ1) is 17.9. The van der Waals surface area contributed by atoms with Crippen molar-refractivity contribution < 1.29 is 14.3 Å². The van der Waals surface area contributed by atoms with Gasteiger partial charge in [-0.25, -0.2) is 0 Å². The monoisotopic (exact) mass is 327 g/mol. The summed E-state index contributed by atoms with van der Waals surface area (Å²) < 4.78 is 11.2. The maximum absolute atomic E-state index is 12.5. The summed E-state index contributed by atoms with van der Waals surface area (Å²) in [6.07, 6.45) is 0.0886. The molecule has 0 saturated carbocycles. The summed E-state index contributed by atoms with van der Waals surface area (Å²) in [6.45, 7) is 6.34. The topological polar surface area (TPSA) is 47.6 Å². The fourth-order valence-corrected chi connectivity index (χ4v) is 2.45. The first-order valence-corrected chi connectivity index (χ1v) is 8.18. The van der Waals surface area contributed by atoms with E-state index in [2.05, 4.69) is 5.32 Å². The maximum Gasteiger partial charge on any atom is 0.261 e. The second-order valence-corrected chi connectivity index (χ2v) is 5.81. The lowest BCUT2D eigenvalue weighted by Crippen LogP contribution is -2.37. The highest BCUT2D eigenvalue weighted by atomic mass is 16.5. The summed E-state index contributed by atoms with van der Waals surface area (Å²) in [5.41, 5.74) is 3.08. The number of ether oxygens (including phenoxy) is 2. The Balaban J connectivity index is 2.02. The highest BCUT2D eigenvalue weighted by Crippen LogP contribution is 2.21. The van der Waals surface area contributed by atoms with E-state index in [-0.39, 0.29) is 5.91 Å². The molecule has 0 aliphatic carbocycles. The normalized spacial score (nSPS) is 11.7. The van der Waals surface area contributed by atoms with Gasteiger partial charge in [-0.3, -0.25) is 4.79 Å². The van der Waals surface area contributed by atoms with Crippen molar-refractivity contribution in [2.24, 2.45) is 0 Å². The molecule has 2 aromatic carbocycles. The van der Waals surface area contributed by atoms with Crippen LogP contribution < -0.4 is 14.8 Å². The highest BCUT2D eigenvalue weighted by molar-refractivity contribution is 5.81. The molecule has 24 heavy (non-hydrogen) atoms. The number of aryl methyl sites for hydroxylation is 2. The number of carbonyl (C=O) groups excluding carboxylic acids is 1. The van der Waals surface area contributed by atoms with Gasteiger partial charge in [0.05, 0.1) is 7.11 Å². The molecule has 0 saturated heterocycles. The van der Waals surface area contributed by atoms with Gasteiger partial charge in [-0.05, 0) is 43.5 Å². The average Bonchev–Trinajstić information content (AvgIpc) is 2.60. The van der Waals surface area contributed by atoms with Crippen LogP contribution in [0.15, 0.2) is 42.5 Å². The zero-order valence-electron chi connectivity index (χ0n) is 14.8. The van der Waals surface area contributed by atoms with Crippen LogP contribution >= 0.6 is 0 Å². The quantitative estimate of drug-likeness (QED) is 0.842. The van der Waals surface area contributed by atoms with Gasteiger partial charge in [-0.1, -0.05) is 37.3 Å². The van der Waals surface area contributed by atoms with Crippen LogP contribution in [0.5, 0.6) is 11.5 Å². The van der Waals surface area contributed by atoms with Crippen molar-refractivity contribution in [1.82, 2.24) is 5.32 Å². The van der Waals surface area contributed by atoms with Crippen LogP contribution in [-0.4, -0.2) is 19.1 Å². The number of para-hydroxylation sites is 1. The number of methoxy groups -OCH3 is 1. The Morgan fingerprint density at radius 3 is 2.58 bits per heavy atom. The van der Waals surface area contributed by atoms with Gasteiger partial charge in [0.25, 0.3) is 5.91 Å². The molecular weight excluding hydrogens is 302 g/mol. The number of hydrogen-bond acceptors (Lipinski definition) is 3. The lowest BCUT2D eigenvalue weighted by Gasteiger charge is -2.19. The molecule has 0 heterocycles. The minimum Gasteiger partial charge on any atom is -0.496 e. The minimum atomic E-state index is -0.514. The maximum atomic E-state index is 12.5. The molecule has 0 radical (unpaired) electrons. The zero-order chi connectivity index (χ0) is 17.5. The summed E-state index contributed by atoms with van der Waals surface area (Å²) in [6, 6.07) is 13.6. The van der Waals surface area contributed by atoms with Crippen LogP contribution in [0.25, 0.3) is 0 Å². The Hall–Kier alpha value is -2.49. The standard InChI is InChI=1S/C20H25NO3/c1-5-17(24-19-12-14(2)10-11-15(19)3)20(22)21-13-16-8-6-7-9-18(16)23-4/h6-12,17H,5,13H2,1-4H3,(H,21,22)/t17-/m0/s1. The van der Waals surface area contributed by atoms with Gasteiger partial charge in [0.15, 0.2) is 6.10 Å². The van der Waals surface area contributed by atoms with Crippen molar-refractivity contribution in [3.05, 3.63) is 59.2 Å². The number of rotatable bonds is 7. The fourth-order valence-electron chi connectivity index (χ4n) is 2.45. The smallest absolute Gasteiger partial charge is 0.261 e. The lowest BCUT2D eigenvalue weighted by atomic mass is 10.1. The highest BCUT2D eigenvalue weighted by Gasteiger charge is 2.19. The summed E-state index contributed by atoms with van der Waals surface area (Å²) in [5.74, 6) is 1.40. The average molecular weight is 327 g/mol. The predicted molar refractivity (Wildman–Crippen MR) is 95.5 cm³/mol. The van der Waals surface area contributed by atoms with Crippen LogP contribution in [0, 0.1) is 13.8 Å². The second-order valence-electron chi connectivity index (χ2n) is 5.81. The van der Waals surface area contributed by atoms with E-state index in [1.165, 1.54) is 0 Å². The van der Waals surface area contributed by atoms with E-state index in [9.17, 15) is 4.79 Å². The van der Waals surface area contributed by atoms with Gasteiger partial charge in [0.1, 0.15) is 11.5 Å². The molecule has 2 rings (SSSR count). The van der Waals surface area contributed by atoms with Crippen LogP contribution in [0.3, 0.4) is 0 Å². The number of carbonyl (C=O) groups is 1. The van der Waals surface area contributed by atoms with Crippen molar-refractivity contribution >= 4 is 5.91 Å². The van der Waals surface area contributed by atoms with Gasteiger partial charge in [0, 0.05) is 12.1 Å². The SMILES string of the molecule is CC[C@H](Oc1cc(C)ccc1C)C(=O)NCc1ccccc1OC. The Bertz CT molecular complexity index is 697. The van der Waals surface area contributed by atoms with Crippen molar-refractivity contribution in [3.8, 4) is 11.5 Å². The first-order chi connectivity index (χ1) is 11.5. The van der Waals surface area contributed by atoms with Crippen molar-refractivity contribution in [2.75, 3.05) is 7.11 Å². The third kappa shape index (κ3) is 4.51. The molecule has 0 spiro atoms. The van der Waals surface area contributed by atoms with E-state index in [1.807, 2.05) is 63.2 Å². The Kier molecular flexibility index (Phi) is 6.24. The number of amides is 1.